The first-order valence-electron chi connectivity index (χ1n) is 9.98. The molecule has 1 aromatic carbocycles. The molecule has 2 aliphatic rings. The number of β-amino-alcohol motifs (C(OH)–C–C–N with tert-alkyl or cyclic N) is 1. The zero-order valence-electron chi connectivity index (χ0n) is 16.6. The largest absolute Gasteiger partial charge is 0.433 e. The SMILES string of the molecule is O=C(c1ccc(Cl)cc1)N1CCN([C@H]2CN(c3cccc(C(F)(F)F)n3)C[C@@H]2O)CC1. The van der Waals surface area contributed by atoms with Crippen molar-refractivity contribution in [3.05, 3.63) is 58.7 Å². The molecular weight excluding hydrogens is 433 g/mol. The Labute approximate surface area is 182 Å². The zero-order chi connectivity index (χ0) is 22.2. The monoisotopic (exact) mass is 454 g/mol. The fourth-order valence-corrected chi connectivity index (χ4v) is 4.23. The molecular formula is C21H22ClF3N4O2. The number of hydrogen-bond acceptors (Lipinski definition) is 5. The summed E-state index contributed by atoms with van der Waals surface area (Å²) in [4.78, 5) is 21.9. The van der Waals surface area contributed by atoms with Crippen LogP contribution in [0, 0.1) is 0 Å². The Balaban J connectivity index is 1.37. The minimum absolute atomic E-state index is 0.0712. The molecule has 0 spiro atoms. The number of carbonyl (C=O) groups is 1. The number of pyridine rings is 1. The summed E-state index contributed by atoms with van der Waals surface area (Å²) in [5.74, 6) is 0.131. The van der Waals surface area contributed by atoms with E-state index in [0.29, 0.717) is 43.3 Å². The van der Waals surface area contributed by atoms with Crippen LogP contribution in [0.3, 0.4) is 0 Å². The van der Waals surface area contributed by atoms with Crippen LogP contribution in [0.15, 0.2) is 42.5 Å². The van der Waals surface area contributed by atoms with Crippen molar-refractivity contribution >= 4 is 23.3 Å². The third kappa shape index (κ3) is 4.78. The van der Waals surface area contributed by atoms with Gasteiger partial charge in [0.2, 0.25) is 0 Å². The molecule has 2 atom stereocenters. The maximum absolute atomic E-state index is 13.0. The molecule has 6 nitrogen and oxygen atoms in total. The van der Waals surface area contributed by atoms with Gasteiger partial charge in [0.1, 0.15) is 11.5 Å². The van der Waals surface area contributed by atoms with E-state index in [9.17, 15) is 23.1 Å². The summed E-state index contributed by atoms with van der Waals surface area (Å²) in [5, 5.41) is 11.1. The number of alkyl halides is 3. The van der Waals surface area contributed by atoms with Crippen molar-refractivity contribution in [2.75, 3.05) is 44.2 Å². The highest BCUT2D eigenvalue weighted by Crippen LogP contribution is 2.30. The summed E-state index contributed by atoms with van der Waals surface area (Å²) in [6, 6.07) is 10.3. The first-order valence-corrected chi connectivity index (χ1v) is 10.4. The molecule has 31 heavy (non-hydrogen) atoms. The van der Waals surface area contributed by atoms with Gasteiger partial charge in [-0.3, -0.25) is 9.69 Å². The first kappa shape index (κ1) is 21.9. The van der Waals surface area contributed by atoms with E-state index in [1.54, 1.807) is 34.1 Å². The molecule has 2 saturated heterocycles. The first-order chi connectivity index (χ1) is 14.7. The van der Waals surface area contributed by atoms with Crippen LogP contribution in [-0.2, 0) is 6.18 Å². The van der Waals surface area contributed by atoms with Crippen molar-refractivity contribution in [3.8, 4) is 0 Å². The van der Waals surface area contributed by atoms with Gasteiger partial charge >= 0.3 is 6.18 Å². The molecule has 3 heterocycles. The summed E-state index contributed by atoms with van der Waals surface area (Å²) in [7, 11) is 0. The molecule has 166 valence electrons. The molecule has 0 aliphatic carbocycles. The number of aromatic nitrogens is 1. The summed E-state index contributed by atoms with van der Waals surface area (Å²) in [6.07, 6.45) is -5.23. The molecule has 0 saturated carbocycles. The zero-order valence-corrected chi connectivity index (χ0v) is 17.4. The molecule has 0 radical (unpaired) electrons. The van der Waals surface area contributed by atoms with Crippen LogP contribution in [0.5, 0.6) is 0 Å². The normalized spacial score (nSPS) is 22.7. The van der Waals surface area contributed by atoms with Gasteiger partial charge in [0, 0.05) is 49.9 Å². The second-order valence-electron chi connectivity index (χ2n) is 7.75. The van der Waals surface area contributed by atoms with Crippen molar-refractivity contribution in [3.63, 3.8) is 0 Å². The van der Waals surface area contributed by atoms with E-state index in [1.807, 2.05) is 0 Å². The minimum Gasteiger partial charge on any atom is -0.390 e. The molecule has 0 bridgehead atoms. The number of nitrogens with zero attached hydrogens (tertiary/aromatic N) is 4. The standard InChI is InChI=1S/C21H22ClF3N4O2/c22-15-6-4-14(5-7-15)20(31)28-10-8-27(9-11-28)16-12-29(13-17(16)30)19-3-1-2-18(26-19)21(23,24)25/h1-7,16-17,30H,8-13H2/t16-,17-/m0/s1. The molecule has 1 aromatic heterocycles. The molecule has 10 heteroatoms. The van der Waals surface area contributed by atoms with Gasteiger partial charge in [-0.15, -0.1) is 0 Å². The number of amides is 1. The number of carbonyl (C=O) groups excluding carboxylic acids is 1. The average Bonchev–Trinajstić information content (AvgIpc) is 3.15. The van der Waals surface area contributed by atoms with Gasteiger partial charge in [-0.05, 0) is 36.4 Å². The molecule has 2 fully saturated rings. The van der Waals surface area contributed by atoms with E-state index in [2.05, 4.69) is 9.88 Å². The third-order valence-corrected chi connectivity index (χ3v) is 6.02. The smallest absolute Gasteiger partial charge is 0.390 e. The Morgan fingerprint density at radius 1 is 1.03 bits per heavy atom. The predicted molar refractivity (Wildman–Crippen MR) is 110 cm³/mol. The number of anilines is 1. The molecule has 1 amide bonds. The van der Waals surface area contributed by atoms with Crippen LogP contribution in [0.25, 0.3) is 0 Å². The fourth-order valence-electron chi connectivity index (χ4n) is 4.10. The van der Waals surface area contributed by atoms with Crippen molar-refractivity contribution in [1.82, 2.24) is 14.8 Å². The maximum Gasteiger partial charge on any atom is 0.433 e. The number of hydrogen-bond donors (Lipinski definition) is 1. The van der Waals surface area contributed by atoms with Gasteiger partial charge in [-0.25, -0.2) is 4.98 Å². The van der Waals surface area contributed by atoms with Crippen LogP contribution in [0.1, 0.15) is 16.1 Å². The average molecular weight is 455 g/mol. The Kier molecular flexibility index (Phi) is 6.09. The minimum atomic E-state index is -4.51. The van der Waals surface area contributed by atoms with Gasteiger partial charge in [0.25, 0.3) is 5.91 Å². The number of rotatable bonds is 3. The van der Waals surface area contributed by atoms with E-state index in [-0.39, 0.29) is 24.3 Å². The quantitative estimate of drug-likeness (QED) is 0.773. The Bertz CT molecular complexity index is 933. The molecule has 2 aromatic rings. The second kappa shape index (κ2) is 8.64. The summed E-state index contributed by atoms with van der Waals surface area (Å²) < 4.78 is 38.9. The van der Waals surface area contributed by atoms with Gasteiger partial charge in [0.05, 0.1) is 12.1 Å². The lowest BCUT2D eigenvalue weighted by molar-refractivity contribution is -0.141. The lowest BCUT2D eigenvalue weighted by Gasteiger charge is -2.38. The van der Waals surface area contributed by atoms with E-state index >= 15 is 0 Å². The number of halogens is 4. The summed E-state index contributed by atoms with van der Waals surface area (Å²) in [5.41, 5.74) is -0.377. The lowest BCUT2D eigenvalue weighted by atomic mass is 10.1. The van der Waals surface area contributed by atoms with Crippen molar-refractivity contribution in [1.29, 1.82) is 0 Å². The van der Waals surface area contributed by atoms with Crippen molar-refractivity contribution in [2.45, 2.75) is 18.3 Å². The van der Waals surface area contributed by atoms with E-state index in [0.717, 1.165) is 6.07 Å². The van der Waals surface area contributed by atoms with Crippen molar-refractivity contribution in [2.24, 2.45) is 0 Å². The van der Waals surface area contributed by atoms with E-state index < -0.39 is 18.0 Å². The van der Waals surface area contributed by atoms with Crippen LogP contribution in [-0.4, -0.2) is 77.2 Å². The lowest BCUT2D eigenvalue weighted by Crippen LogP contribution is -2.54. The van der Waals surface area contributed by atoms with Crippen LogP contribution in [0.4, 0.5) is 19.0 Å². The van der Waals surface area contributed by atoms with Crippen LogP contribution in [0.2, 0.25) is 5.02 Å². The van der Waals surface area contributed by atoms with Gasteiger partial charge < -0.3 is 14.9 Å². The molecule has 4 rings (SSSR count). The highest BCUT2D eigenvalue weighted by molar-refractivity contribution is 6.30. The van der Waals surface area contributed by atoms with Crippen LogP contribution < -0.4 is 4.90 Å². The number of piperazine rings is 1. The van der Waals surface area contributed by atoms with Gasteiger partial charge in [0.15, 0.2) is 0 Å². The van der Waals surface area contributed by atoms with Crippen LogP contribution >= 0.6 is 11.6 Å². The molecule has 1 N–H and O–H groups in total. The van der Waals surface area contributed by atoms with Gasteiger partial charge in [-0.1, -0.05) is 17.7 Å². The number of aliphatic hydroxyl groups is 1. The summed E-state index contributed by atoms with van der Waals surface area (Å²) >= 11 is 5.88. The van der Waals surface area contributed by atoms with Gasteiger partial charge in [-0.2, -0.15) is 13.2 Å². The number of benzene rings is 1. The highest BCUT2D eigenvalue weighted by Gasteiger charge is 2.39. The Morgan fingerprint density at radius 3 is 2.35 bits per heavy atom. The second-order valence-corrected chi connectivity index (χ2v) is 8.19. The summed E-state index contributed by atoms with van der Waals surface area (Å²) in [6.45, 7) is 2.75. The topological polar surface area (TPSA) is 59.9 Å². The van der Waals surface area contributed by atoms with E-state index in [1.165, 1.54) is 12.1 Å². The maximum atomic E-state index is 13.0. The Morgan fingerprint density at radius 2 is 1.71 bits per heavy atom. The third-order valence-electron chi connectivity index (χ3n) is 5.77. The highest BCUT2D eigenvalue weighted by atomic mass is 35.5. The van der Waals surface area contributed by atoms with Crippen molar-refractivity contribution < 1.29 is 23.1 Å². The predicted octanol–water partition coefficient (Wildman–Crippen LogP) is 2.76. The number of aliphatic hydroxyl groups excluding tert-OH is 1. The molecule has 0 unspecified atom stereocenters. The molecule has 2 aliphatic heterocycles. The fraction of sp³-hybridized carbons (Fsp3) is 0.429. The van der Waals surface area contributed by atoms with E-state index in [4.69, 9.17) is 11.6 Å². The Hall–Kier alpha value is -2.36.